The first-order valence-corrected chi connectivity index (χ1v) is 8.81. The van der Waals surface area contributed by atoms with Crippen molar-refractivity contribution in [3.05, 3.63) is 83.9 Å². The molecular formula is C23H25NO2. The molecule has 3 rings (SSSR count). The molecular weight excluding hydrogens is 322 g/mol. The molecule has 0 heterocycles. The maximum absolute atomic E-state index is 5.54. The summed E-state index contributed by atoms with van der Waals surface area (Å²) in [5, 5.41) is 3.59. The van der Waals surface area contributed by atoms with Crippen LogP contribution in [0.2, 0.25) is 0 Å². The molecule has 0 saturated heterocycles. The summed E-state index contributed by atoms with van der Waals surface area (Å²) in [5.74, 6) is 1.77. The fourth-order valence-electron chi connectivity index (χ4n) is 2.99. The standard InChI is InChI=1S/C23H25NO2/c1-17(19-10-12-21(25-2)13-11-19)24-16-18-9-14-23(26-3)22(15-18)20-7-5-4-6-8-20/h4-15,17,24H,16H2,1-3H3/t17-/m1/s1. The van der Waals surface area contributed by atoms with Gasteiger partial charge in [-0.25, -0.2) is 0 Å². The molecule has 3 heteroatoms. The molecule has 0 saturated carbocycles. The number of hydrogen-bond acceptors (Lipinski definition) is 3. The van der Waals surface area contributed by atoms with E-state index in [9.17, 15) is 0 Å². The third-order valence-corrected chi connectivity index (χ3v) is 4.58. The molecule has 0 bridgehead atoms. The number of nitrogens with one attached hydrogen (secondary N) is 1. The van der Waals surface area contributed by atoms with Gasteiger partial charge in [-0.3, -0.25) is 0 Å². The van der Waals surface area contributed by atoms with Crippen LogP contribution in [0.1, 0.15) is 24.1 Å². The van der Waals surface area contributed by atoms with E-state index in [1.54, 1.807) is 14.2 Å². The van der Waals surface area contributed by atoms with E-state index in [1.807, 2.05) is 36.4 Å². The van der Waals surface area contributed by atoms with E-state index in [0.29, 0.717) is 0 Å². The Kier molecular flexibility index (Phi) is 5.92. The summed E-state index contributed by atoms with van der Waals surface area (Å²) >= 11 is 0. The van der Waals surface area contributed by atoms with Crippen molar-refractivity contribution in [2.24, 2.45) is 0 Å². The normalized spacial score (nSPS) is 11.8. The monoisotopic (exact) mass is 347 g/mol. The Morgan fingerprint density at radius 3 is 2.23 bits per heavy atom. The van der Waals surface area contributed by atoms with Gasteiger partial charge in [-0.05, 0) is 47.9 Å². The second-order valence-corrected chi connectivity index (χ2v) is 6.28. The van der Waals surface area contributed by atoms with Crippen molar-refractivity contribution in [1.29, 1.82) is 0 Å². The zero-order valence-corrected chi connectivity index (χ0v) is 15.5. The lowest BCUT2D eigenvalue weighted by molar-refractivity contribution is 0.414. The van der Waals surface area contributed by atoms with Gasteiger partial charge < -0.3 is 14.8 Å². The lowest BCUT2D eigenvalue weighted by Crippen LogP contribution is -2.18. The summed E-state index contributed by atoms with van der Waals surface area (Å²) in [6.07, 6.45) is 0. The molecule has 3 nitrogen and oxygen atoms in total. The highest BCUT2D eigenvalue weighted by molar-refractivity contribution is 5.71. The fraction of sp³-hybridized carbons (Fsp3) is 0.217. The van der Waals surface area contributed by atoms with Crippen molar-refractivity contribution in [3.8, 4) is 22.6 Å². The summed E-state index contributed by atoms with van der Waals surface area (Å²) in [4.78, 5) is 0. The smallest absolute Gasteiger partial charge is 0.126 e. The Balaban J connectivity index is 1.73. The fourth-order valence-corrected chi connectivity index (χ4v) is 2.99. The van der Waals surface area contributed by atoms with Crippen LogP contribution < -0.4 is 14.8 Å². The number of benzene rings is 3. The lowest BCUT2D eigenvalue weighted by Gasteiger charge is -2.16. The number of rotatable bonds is 7. The topological polar surface area (TPSA) is 30.5 Å². The van der Waals surface area contributed by atoms with E-state index >= 15 is 0 Å². The van der Waals surface area contributed by atoms with Gasteiger partial charge in [0.15, 0.2) is 0 Å². The van der Waals surface area contributed by atoms with Crippen molar-refractivity contribution >= 4 is 0 Å². The third kappa shape index (κ3) is 4.24. The maximum atomic E-state index is 5.54. The summed E-state index contributed by atoms with van der Waals surface area (Å²) in [6, 6.07) is 25.1. The number of methoxy groups -OCH3 is 2. The van der Waals surface area contributed by atoms with E-state index in [2.05, 4.69) is 48.6 Å². The van der Waals surface area contributed by atoms with Gasteiger partial charge >= 0.3 is 0 Å². The molecule has 3 aromatic rings. The predicted octanol–water partition coefficient (Wildman–Crippen LogP) is 5.22. The zero-order chi connectivity index (χ0) is 18.4. The zero-order valence-electron chi connectivity index (χ0n) is 15.5. The van der Waals surface area contributed by atoms with E-state index in [-0.39, 0.29) is 6.04 Å². The Labute approximate surface area is 155 Å². The van der Waals surface area contributed by atoms with Gasteiger partial charge in [0.2, 0.25) is 0 Å². The Morgan fingerprint density at radius 1 is 0.846 bits per heavy atom. The van der Waals surface area contributed by atoms with Crippen LogP contribution in [0.5, 0.6) is 11.5 Å². The summed E-state index contributed by atoms with van der Waals surface area (Å²) in [5.41, 5.74) is 4.74. The summed E-state index contributed by atoms with van der Waals surface area (Å²) < 4.78 is 10.8. The molecule has 0 fully saturated rings. The minimum absolute atomic E-state index is 0.253. The van der Waals surface area contributed by atoms with E-state index in [4.69, 9.17) is 9.47 Å². The first kappa shape index (κ1) is 18.0. The predicted molar refractivity (Wildman–Crippen MR) is 107 cm³/mol. The first-order chi connectivity index (χ1) is 12.7. The maximum Gasteiger partial charge on any atom is 0.126 e. The van der Waals surface area contributed by atoms with Gasteiger partial charge in [0.1, 0.15) is 11.5 Å². The van der Waals surface area contributed by atoms with Gasteiger partial charge in [0.05, 0.1) is 14.2 Å². The molecule has 0 unspecified atom stereocenters. The number of hydrogen-bond donors (Lipinski definition) is 1. The van der Waals surface area contributed by atoms with Gasteiger partial charge in [0, 0.05) is 18.2 Å². The second kappa shape index (κ2) is 8.54. The van der Waals surface area contributed by atoms with Gasteiger partial charge in [-0.2, -0.15) is 0 Å². The van der Waals surface area contributed by atoms with Crippen LogP contribution in [-0.4, -0.2) is 14.2 Å². The van der Waals surface area contributed by atoms with Crippen LogP contribution >= 0.6 is 0 Å². The molecule has 0 aliphatic carbocycles. The quantitative estimate of drug-likeness (QED) is 0.635. The molecule has 0 spiro atoms. The van der Waals surface area contributed by atoms with Crippen molar-refractivity contribution in [3.63, 3.8) is 0 Å². The average Bonchev–Trinajstić information content (AvgIpc) is 2.72. The van der Waals surface area contributed by atoms with Crippen LogP contribution in [0.25, 0.3) is 11.1 Å². The summed E-state index contributed by atoms with van der Waals surface area (Å²) in [6.45, 7) is 2.96. The largest absolute Gasteiger partial charge is 0.497 e. The van der Waals surface area contributed by atoms with Gasteiger partial charge in [0.25, 0.3) is 0 Å². The Bertz CT molecular complexity index is 829. The highest BCUT2D eigenvalue weighted by atomic mass is 16.5. The Morgan fingerprint density at radius 2 is 1.58 bits per heavy atom. The van der Waals surface area contributed by atoms with Gasteiger partial charge in [-0.15, -0.1) is 0 Å². The molecule has 1 atom stereocenters. The minimum atomic E-state index is 0.253. The van der Waals surface area contributed by atoms with E-state index in [0.717, 1.165) is 29.2 Å². The highest BCUT2D eigenvalue weighted by Gasteiger charge is 2.09. The Hall–Kier alpha value is -2.78. The van der Waals surface area contributed by atoms with Crippen LogP contribution in [0, 0.1) is 0 Å². The molecule has 3 aromatic carbocycles. The molecule has 0 aliphatic rings. The SMILES string of the molecule is COc1ccc([C@@H](C)NCc2ccc(OC)c(-c3ccccc3)c2)cc1. The summed E-state index contributed by atoms with van der Waals surface area (Å²) in [7, 11) is 3.40. The third-order valence-electron chi connectivity index (χ3n) is 4.58. The van der Waals surface area contributed by atoms with Gasteiger partial charge in [-0.1, -0.05) is 48.5 Å². The van der Waals surface area contributed by atoms with Crippen LogP contribution in [0.3, 0.4) is 0 Å². The van der Waals surface area contributed by atoms with Crippen LogP contribution in [0.15, 0.2) is 72.8 Å². The first-order valence-electron chi connectivity index (χ1n) is 8.81. The molecule has 1 N–H and O–H groups in total. The molecule has 26 heavy (non-hydrogen) atoms. The van der Waals surface area contributed by atoms with Crippen molar-refractivity contribution in [2.45, 2.75) is 19.5 Å². The number of ether oxygens (including phenoxy) is 2. The van der Waals surface area contributed by atoms with E-state index < -0.39 is 0 Å². The highest BCUT2D eigenvalue weighted by Crippen LogP contribution is 2.31. The molecule has 134 valence electrons. The van der Waals surface area contributed by atoms with E-state index in [1.165, 1.54) is 11.1 Å². The van der Waals surface area contributed by atoms with Crippen molar-refractivity contribution in [1.82, 2.24) is 5.32 Å². The molecule has 0 amide bonds. The van der Waals surface area contributed by atoms with Crippen LogP contribution in [-0.2, 0) is 6.54 Å². The molecule has 0 aromatic heterocycles. The molecule has 0 radical (unpaired) electrons. The second-order valence-electron chi connectivity index (χ2n) is 6.28. The van der Waals surface area contributed by atoms with Crippen molar-refractivity contribution in [2.75, 3.05) is 14.2 Å². The minimum Gasteiger partial charge on any atom is -0.497 e. The molecule has 0 aliphatic heterocycles. The van der Waals surface area contributed by atoms with Crippen molar-refractivity contribution < 1.29 is 9.47 Å². The van der Waals surface area contributed by atoms with Crippen LogP contribution in [0.4, 0.5) is 0 Å². The lowest BCUT2D eigenvalue weighted by atomic mass is 10.0. The average molecular weight is 347 g/mol.